The number of halogens is 1. The van der Waals surface area contributed by atoms with Crippen LogP contribution >= 0.6 is 11.6 Å². The topological polar surface area (TPSA) is 102 Å². The summed E-state index contributed by atoms with van der Waals surface area (Å²) in [6.07, 6.45) is 0.165. The zero-order valence-electron chi connectivity index (χ0n) is 15.2. The number of carbonyl (C=O) groups excluding carboxylic acids is 1. The quantitative estimate of drug-likeness (QED) is 0.637. The molecule has 0 fully saturated rings. The largest absolute Gasteiger partial charge is 0.447 e. The summed E-state index contributed by atoms with van der Waals surface area (Å²) in [5.41, 5.74) is 8.39. The first kappa shape index (κ1) is 19.8. The minimum Gasteiger partial charge on any atom is -0.447 e. The monoisotopic (exact) mass is 377 g/mol. The lowest BCUT2D eigenvalue weighted by atomic mass is 10.1. The van der Waals surface area contributed by atoms with Crippen molar-refractivity contribution in [2.75, 3.05) is 24.1 Å². The molecular formula is C18H24ClN5O2. The molecule has 1 aromatic carbocycles. The van der Waals surface area contributed by atoms with Crippen molar-refractivity contribution in [1.29, 1.82) is 0 Å². The number of nitrogens with two attached hydrogens (primary N) is 1. The molecule has 0 aliphatic heterocycles. The van der Waals surface area contributed by atoms with Gasteiger partial charge in [-0.15, -0.1) is 0 Å². The van der Waals surface area contributed by atoms with E-state index in [1.807, 2.05) is 31.2 Å². The molecule has 0 saturated heterocycles. The Morgan fingerprint density at radius 3 is 2.81 bits per heavy atom. The summed E-state index contributed by atoms with van der Waals surface area (Å²) in [5.74, 6) is 0.805. The van der Waals surface area contributed by atoms with E-state index in [0.717, 1.165) is 11.1 Å². The van der Waals surface area contributed by atoms with Crippen LogP contribution in [0, 0.1) is 6.92 Å². The molecule has 1 amide bonds. The number of nitrogens with zero attached hydrogens (tertiary/aromatic N) is 2. The van der Waals surface area contributed by atoms with Gasteiger partial charge in [0.1, 0.15) is 5.82 Å². The molecule has 8 heteroatoms. The van der Waals surface area contributed by atoms with Crippen molar-refractivity contribution in [3.8, 4) is 11.3 Å². The number of rotatable bonds is 7. The molecule has 140 valence electrons. The fourth-order valence-electron chi connectivity index (χ4n) is 2.33. The van der Waals surface area contributed by atoms with Crippen molar-refractivity contribution in [2.24, 2.45) is 0 Å². The molecule has 0 aliphatic carbocycles. The van der Waals surface area contributed by atoms with Crippen LogP contribution in [0.1, 0.15) is 25.8 Å². The van der Waals surface area contributed by atoms with Crippen LogP contribution in [0.5, 0.6) is 0 Å². The minimum atomic E-state index is -0.412. The van der Waals surface area contributed by atoms with Crippen molar-refractivity contribution < 1.29 is 9.53 Å². The van der Waals surface area contributed by atoms with E-state index in [9.17, 15) is 4.79 Å². The number of aromatic nitrogens is 2. The molecule has 0 bridgehead atoms. The SMILES string of the molecule is Cc1c(Cl)cccc1-c1cc(NCCCNC(=O)OC(C)C)nc(N)n1. The highest BCUT2D eigenvalue weighted by molar-refractivity contribution is 6.31. The van der Waals surface area contributed by atoms with Crippen LogP contribution in [-0.2, 0) is 4.74 Å². The number of alkyl carbamates (subject to hydrolysis) is 1. The fourth-order valence-corrected chi connectivity index (χ4v) is 2.50. The Hall–Kier alpha value is -2.54. The summed E-state index contributed by atoms with van der Waals surface area (Å²) in [6, 6.07) is 7.48. The van der Waals surface area contributed by atoms with Crippen LogP contribution in [-0.4, -0.2) is 35.3 Å². The van der Waals surface area contributed by atoms with Gasteiger partial charge in [-0.25, -0.2) is 9.78 Å². The standard InChI is InChI=1S/C18H24ClN5O2/c1-11(2)26-18(25)22-9-5-8-21-16-10-15(23-17(20)24-16)13-6-4-7-14(19)12(13)3/h4,6-7,10-11H,5,8-9H2,1-3H3,(H,22,25)(H3,20,21,23,24). The van der Waals surface area contributed by atoms with E-state index in [0.29, 0.717) is 36.0 Å². The maximum Gasteiger partial charge on any atom is 0.407 e. The van der Waals surface area contributed by atoms with Gasteiger partial charge >= 0.3 is 6.09 Å². The van der Waals surface area contributed by atoms with Gasteiger partial charge in [0, 0.05) is 29.7 Å². The molecule has 0 radical (unpaired) electrons. The van der Waals surface area contributed by atoms with E-state index in [1.165, 1.54) is 0 Å². The summed E-state index contributed by atoms with van der Waals surface area (Å²) < 4.78 is 5.00. The van der Waals surface area contributed by atoms with Crippen molar-refractivity contribution in [3.63, 3.8) is 0 Å². The number of hydrogen-bond donors (Lipinski definition) is 3. The number of hydrogen-bond acceptors (Lipinski definition) is 6. The third-order valence-electron chi connectivity index (χ3n) is 3.56. The first-order valence-electron chi connectivity index (χ1n) is 8.45. The summed E-state index contributed by atoms with van der Waals surface area (Å²) in [4.78, 5) is 19.9. The summed E-state index contributed by atoms with van der Waals surface area (Å²) in [5, 5.41) is 6.55. The van der Waals surface area contributed by atoms with Gasteiger partial charge in [0.2, 0.25) is 5.95 Å². The zero-order chi connectivity index (χ0) is 19.1. The van der Waals surface area contributed by atoms with Crippen molar-refractivity contribution in [2.45, 2.75) is 33.3 Å². The number of nitrogens with one attached hydrogen (secondary N) is 2. The van der Waals surface area contributed by atoms with Crippen LogP contribution in [0.4, 0.5) is 16.6 Å². The second-order valence-electron chi connectivity index (χ2n) is 6.07. The Kier molecular flexibility index (Phi) is 7.03. The number of ether oxygens (including phenoxy) is 1. The van der Waals surface area contributed by atoms with Gasteiger partial charge < -0.3 is 21.1 Å². The van der Waals surface area contributed by atoms with Crippen LogP contribution in [0.2, 0.25) is 5.02 Å². The molecule has 26 heavy (non-hydrogen) atoms. The molecule has 4 N–H and O–H groups in total. The molecule has 2 rings (SSSR count). The van der Waals surface area contributed by atoms with Gasteiger partial charge in [0.15, 0.2) is 0 Å². The van der Waals surface area contributed by atoms with E-state index >= 15 is 0 Å². The number of amides is 1. The Morgan fingerprint density at radius 1 is 1.31 bits per heavy atom. The maximum atomic E-state index is 11.4. The van der Waals surface area contributed by atoms with Crippen LogP contribution < -0.4 is 16.4 Å². The van der Waals surface area contributed by atoms with E-state index in [2.05, 4.69) is 20.6 Å². The average Bonchev–Trinajstić information content (AvgIpc) is 2.56. The molecule has 1 aromatic heterocycles. The van der Waals surface area contributed by atoms with Gasteiger partial charge in [-0.1, -0.05) is 23.7 Å². The van der Waals surface area contributed by atoms with Crippen molar-refractivity contribution in [1.82, 2.24) is 15.3 Å². The van der Waals surface area contributed by atoms with Gasteiger partial charge in [0.25, 0.3) is 0 Å². The van der Waals surface area contributed by atoms with E-state index in [1.54, 1.807) is 13.8 Å². The predicted octanol–water partition coefficient (Wildman–Crippen LogP) is 3.62. The van der Waals surface area contributed by atoms with Gasteiger partial charge in [0.05, 0.1) is 11.8 Å². The second-order valence-corrected chi connectivity index (χ2v) is 6.48. The van der Waals surface area contributed by atoms with E-state index in [4.69, 9.17) is 22.1 Å². The molecule has 2 aromatic rings. The average molecular weight is 378 g/mol. The number of carbonyl (C=O) groups is 1. The Morgan fingerprint density at radius 2 is 2.08 bits per heavy atom. The normalized spacial score (nSPS) is 10.7. The number of nitrogen functional groups attached to an aromatic ring is 1. The molecule has 0 spiro atoms. The Balaban J connectivity index is 1.94. The van der Waals surface area contributed by atoms with E-state index in [-0.39, 0.29) is 12.1 Å². The highest BCUT2D eigenvalue weighted by Gasteiger charge is 2.09. The molecule has 0 saturated carbocycles. The smallest absolute Gasteiger partial charge is 0.407 e. The van der Waals surface area contributed by atoms with E-state index < -0.39 is 6.09 Å². The summed E-state index contributed by atoms with van der Waals surface area (Å²) in [6.45, 7) is 6.66. The van der Waals surface area contributed by atoms with Gasteiger partial charge in [-0.05, 0) is 38.8 Å². The lowest BCUT2D eigenvalue weighted by Crippen LogP contribution is -2.28. The molecular weight excluding hydrogens is 354 g/mol. The fraction of sp³-hybridized carbons (Fsp3) is 0.389. The lowest BCUT2D eigenvalue weighted by molar-refractivity contribution is 0.115. The van der Waals surface area contributed by atoms with Crippen molar-refractivity contribution >= 4 is 29.5 Å². The third-order valence-corrected chi connectivity index (χ3v) is 3.97. The molecule has 7 nitrogen and oxygen atoms in total. The lowest BCUT2D eigenvalue weighted by Gasteiger charge is -2.11. The van der Waals surface area contributed by atoms with Crippen LogP contribution in [0.3, 0.4) is 0 Å². The van der Waals surface area contributed by atoms with Crippen molar-refractivity contribution in [3.05, 3.63) is 34.9 Å². The highest BCUT2D eigenvalue weighted by atomic mass is 35.5. The third kappa shape index (κ3) is 5.77. The van der Waals surface area contributed by atoms with Gasteiger partial charge in [-0.2, -0.15) is 4.98 Å². The summed E-state index contributed by atoms with van der Waals surface area (Å²) in [7, 11) is 0. The zero-order valence-corrected chi connectivity index (χ0v) is 15.9. The maximum absolute atomic E-state index is 11.4. The predicted molar refractivity (Wildman–Crippen MR) is 104 cm³/mol. The first-order valence-corrected chi connectivity index (χ1v) is 8.83. The summed E-state index contributed by atoms with van der Waals surface area (Å²) >= 11 is 6.18. The van der Waals surface area contributed by atoms with Crippen LogP contribution in [0.15, 0.2) is 24.3 Å². The van der Waals surface area contributed by atoms with Crippen LogP contribution in [0.25, 0.3) is 11.3 Å². The molecule has 1 heterocycles. The minimum absolute atomic E-state index is 0.134. The number of anilines is 2. The molecule has 0 unspecified atom stereocenters. The van der Waals surface area contributed by atoms with Gasteiger partial charge in [-0.3, -0.25) is 0 Å². The molecule has 0 atom stereocenters. The Labute approximate surface area is 158 Å². The first-order chi connectivity index (χ1) is 12.4. The second kappa shape index (κ2) is 9.24. The highest BCUT2D eigenvalue weighted by Crippen LogP contribution is 2.28. The molecule has 0 aliphatic rings. The number of benzene rings is 1. The Bertz CT molecular complexity index is 767.